The van der Waals surface area contributed by atoms with Crippen molar-refractivity contribution in [3.8, 4) is 0 Å². The van der Waals surface area contributed by atoms with Crippen LogP contribution < -0.4 is 10.6 Å². The molecule has 0 radical (unpaired) electrons. The highest BCUT2D eigenvalue weighted by Gasteiger charge is 2.25. The summed E-state index contributed by atoms with van der Waals surface area (Å²) < 4.78 is 5.65. The Hall–Kier alpha value is -0.260. The zero-order chi connectivity index (χ0) is 12.8. The van der Waals surface area contributed by atoms with Crippen molar-refractivity contribution in [1.29, 1.82) is 0 Å². The van der Waals surface area contributed by atoms with Crippen molar-refractivity contribution in [2.45, 2.75) is 49.5 Å². The summed E-state index contributed by atoms with van der Waals surface area (Å²) in [6, 6.07) is 0.367. The number of amides is 1. The molecule has 1 aliphatic carbocycles. The summed E-state index contributed by atoms with van der Waals surface area (Å²) in [4.78, 5) is 11.8. The third kappa shape index (κ3) is 4.44. The third-order valence-electron chi connectivity index (χ3n) is 3.82. The van der Waals surface area contributed by atoms with E-state index in [2.05, 4.69) is 16.9 Å². The summed E-state index contributed by atoms with van der Waals surface area (Å²) in [6.07, 6.45) is 7.90. The van der Waals surface area contributed by atoms with E-state index in [4.69, 9.17) is 4.74 Å². The van der Waals surface area contributed by atoms with Crippen LogP contribution in [0, 0.1) is 0 Å². The van der Waals surface area contributed by atoms with Crippen LogP contribution in [0.1, 0.15) is 32.1 Å². The number of nitrogens with one attached hydrogen (secondary N) is 2. The van der Waals surface area contributed by atoms with Crippen LogP contribution in [-0.4, -0.2) is 49.3 Å². The lowest BCUT2D eigenvalue weighted by atomic mass is 10.1. The first kappa shape index (κ1) is 14.2. The van der Waals surface area contributed by atoms with Crippen molar-refractivity contribution < 1.29 is 9.53 Å². The summed E-state index contributed by atoms with van der Waals surface area (Å²) in [5.74, 6) is 0.0558. The van der Waals surface area contributed by atoms with Crippen LogP contribution in [0.5, 0.6) is 0 Å². The zero-order valence-electron chi connectivity index (χ0n) is 11.1. The minimum Gasteiger partial charge on any atom is -0.368 e. The molecule has 0 aromatic rings. The summed E-state index contributed by atoms with van der Waals surface area (Å²) in [7, 11) is 0. The van der Waals surface area contributed by atoms with Gasteiger partial charge in [0.05, 0.1) is 6.10 Å². The van der Waals surface area contributed by atoms with Gasteiger partial charge in [0.2, 0.25) is 5.91 Å². The molecule has 1 aliphatic heterocycles. The molecule has 2 rings (SSSR count). The molecule has 2 atom stereocenters. The molecule has 0 aromatic carbocycles. The highest BCUT2D eigenvalue weighted by atomic mass is 32.2. The Kier molecular flexibility index (Phi) is 5.79. The molecule has 2 unspecified atom stereocenters. The van der Waals surface area contributed by atoms with Gasteiger partial charge in [0.25, 0.3) is 0 Å². The molecule has 4 nitrogen and oxygen atoms in total. The van der Waals surface area contributed by atoms with Crippen molar-refractivity contribution in [3.05, 3.63) is 0 Å². The van der Waals surface area contributed by atoms with Crippen molar-refractivity contribution >= 4 is 17.7 Å². The van der Waals surface area contributed by atoms with Crippen LogP contribution >= 0.6 is 11.8 Å². The maximum atomic E-state index is 11.8. The molecule has 0 spiro atoms. The molecule has 1 saturated carbocycles. The average Bonchev–Trinajstić information content (AvgIpc) is 2.85. The predicted octanol–water partition coefficient (Wildman–Crippen LogP) is 1.16. The molecule has 2 N–H and O–H groups in total. The lowest BCUT2D eigenvalue weighted by molar-refractivity contribution is -0.128. The SMILES string of the molecule is CSC1CCC(NC(=O)COC2CCNCC2)C1. The second-order valence-corrected chi connectivity index (χ2v) is 6.33. The number of hydrogen-bond acceptors (Lipinski definition) is 4. The zero-order valence-corrected chi connectivity index (χ0v) is 11.9. The van der Waals surface area contributed by atoms with E-state index >= 15 is 0 Å². The van der Waals surface area contributed by atoms with Gasteiger partial charge in [-0.05, 0) is 51.4 Å². The average molecular weight is 272 g/mol. The van der Waals surface area contributed by atoms with Crippen molar-refractivity contribution in [2.75, 3.05) is 26.0 Å². The largest absolute Gasteiger partial charge is 0.368 e. The lowest BCUT2D eigenvalue weighted by Gasteiger charge is -2.23. The van der Waals surface area contributed by atoms with Gasteiger partial charge in [-0.3, -0.25) is 4.79 Å². The van der Waals surface area contributed by atoms with Crippen LogP contribution in [0.4, 0.5) is 0 Å². The van der Waals surface area contributed by atoms with Gasteiger partial charge in [-0.15, -0.1) is 0 Å². The van der Waals surface area contributed by atoms with Crippen LogP contribution in [-0.2, 0) is 9.53 Å². The molecular weight excluding hydrogens is 248 g/mol. The maximum Gasteiger partial charge on any atom is 0.246 e. The number of carbonyl (C=O) groups excluding carboxylic acids is 1. The van der Waals surface area contributed by atoms with E-state index < -0.39 is 0 Å². The first-order chi connectivity index (χ1) is 8.78. The second kappa shape index (κ2) is 7.36. The van der Waals surface area contributed by atoms with E-state index in [-0.39, 0.29) is 18.6 Å². The number of ether oxygens (including phenoxy) is 1. The molecule has 0 bridgehead atoms. The van der Waals surface area contributed by atoms with Gasteiger partial charge < -0.3 is 15.4 Å². The number of piperidine rings is 1. The number of thioether (sulfide) groups is 1. The van der Waals surface area contributed by atoms with Gasteiger partial charge in [-0.2, -0.15) is 11.8 Å². The lowest BCUT2D eigenvalue weighted by Crippen LogP contribution is -2.38. The standard InChI is InChI=1S/C13H24N2O2S/c1-18-12-3-2-10(8-12)15-13(16)9-17-11-4-6-14-7-5-11/h10-12,14H,2-9H2,1H3,(H,15,16). The van der Waals surface area contributed by atoms with E-state index in [9.17, 15) is 4.79 Å². The molecule has 1 amide bonds. The van der Waals surface area contributed by atoms with Crippen molar-refractivity contribution in [1.82, 2.24) is 10.6 Å². The van der Waals surface area contributed by atoms with Crippen LogP contribution in [0.2, 0.25) is 0 Å². The Morgan fingerprint density at radius 2 is 2.11 bits per heavy atom. The molecule has 2 aliphatic rings. The van der Waals surface area contributed by atoms with Crippen LogP contribution in [0.3, 0.4) is 0 Å². The smallest absolute Gasteiger partial charge is 0.246 e. The summed E-state index contributed by atoms with van der Waals surface area (Å²) in [5.41, 5.74) is 0. The van der Waals surface area contributed by atoms with E-state index in [1.54, 1.807) is 0 Å². The van der Waals surface area contributed by atoms with Crippen LogP contribution in [0.15, 0.2) is 0 Å². The van der Waals surface area contributed by atoms with Gasteiger partial charge in [-0.25, -0.2) is 0 Å². The van der Waals surface area contributed by atoms with E-state index in [1.165, 1.54) is 6.42 Å². The normalized spacial score (nSPS) is 29.4. The fraction of sp³-hybridized carbons (Fsp3) is 0.923. The minimum atomic E-state index is 0.0558. The molecule has 1 saturated heterocycles. The first-order valence-corrected chi connectivity index (χ1v) is 8.21. The third-order valence-corrected chi connectivity index (χ3v) is 4.91. The summed E-state index contributed by atoms with van der Waals surface area (Å²) in [5, 5.41) is 7.10. The Bertz CT molecular complexity index is 270. The van der Waals surface area contributed by atoms with Gasteiger partial charge in [0.15, 0.2) is 0 Å². The quantitative estimate of drug-likeness (QED) is 0.788. The molecule has 1 heterocycles. The minimum absolute atomic E-state index is 0.0558. The highest BCUT2D eigenvalue weighted by Crippen LogP contribution is 2.28. The maximum absolute atomic E-state index is 11.8. The Balaban J connectivity index is 1.60. The monoisotopic (exact) mass is 272 g/mol. The van der Waals surface area contributed by atoms with Gasteiger partial charge in [0.1, 0.15) is 6.61 Å². The number of carbonyl (C=O) groups is 1. The Labute approximate surface area is 114 Å². The van der Waals surface area contributed by atoms with Gasteiger partial charge >= 0.3 is 0 Å². The number of hydrogen-bond donors (Lipinski definition) is 2. The fourth-order valence-electron chi connectivity index (χ4n) is 2.71. The molecule has 104 valence electrons. The van der Waals surface area contributed by atoms with Crippen molar-refractivity contribution in [2.24, 2.45) is 0 Å². The Morgan fingerprint density at radius 3 is 2.78 bits per heavy atom. The molecular formula is C13H24N2O2S. The fourth-order valence-corrected chi connectivity index (χ4v) is 3.51. The molecule has 18 heavy (non-hydrogen) atoms. The van der Waals surface area contributed by atoms with E-state index in [1.807, 2.05) is 11.8 Å². The van der Waals surface area contributed by atoms with E-state index in [0.717, 1.165) is 44.0 Å². The van der Waals surface area contributed by atoms with Crippen molar-refractivity contribution in [3.63, 3.8) is 0 Å². The first-order valence-electron chi connectivity index (χ1n) is 6.92. The van der Waals surface area contributed by atoms with Crippen LogP contribution in [0.25, 0.3) is 0 Å². The van der Waals surface area contributed by atoms with Gasteiger partial charge in [-0.1, -0.05) is 0 Å². The Morgan fingerprint density at radius 1 is 1.33 bits per heavy atom. The van der Waals surface area contributed by atoms with Gasteiger partial charge in [0, 0.05) is 11.3 Å². The molecule has 2 fully saturated rings. The second-order valence-electron chi connectivity index (χ2n) is 5.20. The van der Waals surface area contributed by atoms with E-state index in [0.29, 0.717) is 6.04 Å². The number of rotatable bonds is 5. The molecule has 5 heteroatoms. The summed E-state index contributed by atoms with van der Waals surface area (Å²) in [6.45, 7) is 2.24. The topological polar surface area (TPSA) is 50.4 Å². The molecule has 0 aromatic heterocycles. The summed E-state index contributed by atoms with van der Waals surface area (Å²) >= 11 is 1.91. The predicted molar refractivity (Wildman–Crippen MR) is 74.9 cm³/mol. The highest BCUT2D eigenvalue weighted by molar-refractivity contribution is 7.99.